The topological polar surface area (TPSA) is 12.0 Å². The molecule has 1 heterocycles. The van der Waals surface area contributed by atoms with Crippen molar-refractivity contribution in [2.75, 3.05) is 11.9 Å². The minimum Gasteiger partial charge on any atom is -0.384 e. The van der Waals surface area contributed by atoms with Gasteiger partial charge in [0.1, 0.15) is 0 Å². The van der Waals surface area contributed by atoms with E-state index in [2.05, 4.69) is 69.8 Å². The summed E-state index contributed by atoms with van der Waals surface area (Å²) in [5, 5.41) is 3.45. The summed E-state index contributed by atoms with van der Waals surface area (Å²) in [6, 6.07) is 17.1. The molecule has 0 saturated carbocycles. The van der Waals surface area contributed by atoms with Crippen molar-refractivity contribution >= 4 is 21.6 Å². The molecule has 1 nitrogen and oxygen atoms in total. The predicted octanol–water partition coefficient (Wildman–Crippen LogP) is 4.01. The van der Waals surface area contributed by atoms with E-state index in [0.29, 0.717) is 5.92 Å². The number of halogens is 1. The minimum absolute atomic E-state index is 0.490. The average molecular weight is 274 g/mol. The first-order chi connectivity index (χ1) is 7.84. The van der Waals surface area contributed by atoms with Crippen LogP contribution in [0.25, 0.3) is 0 Å². The highest BCUT2D eigenvalue weighted by Crippen LogP contribution is 2.35. The minimum atomic E-state index is 0.490. The van der Waals surface area contributed by atoms with Crippen LogP contribution in [0.3, 0.4) is 0 Å². The van der Waals surface area contributed by atoms with E-state index in [1.165, 1.54) is 16.8 Å². The van der Waals surface area contributed by atoms with E-state index in [4.69, 9.17) is 0 Å². The molecule has 0 aromatic heterocycles. The van der Waals surface area contributed by atoms with E-state index in [0.717, 1.165) is 11.0 Å². The summed E-state index contributed by atoms with van der Waals surface area (Å²) in [5.74, 6) is 0.490. The van der Waals surface area contributed by atoms with Gasteiger partial charge in [0, 0.05) is 22.6 Å². The average Bonchev–Trinajstić information content (AvgIpc) is 2.74. The molecule has 1 aliphatic rings. The zero-order valence-corrected chi connectivity index (χ0v) is 10.4. The van der Waals surface area contributed by atoms with Gasteiger partial charge in [-0.25, -0.2) is 0 Å². The molecule has 0 fully saturated rings. The van der Waals surface area contributed by atoms with Crippen molar-refractivity contribution in [1.29, 1.82) is 0 Å². The summed E-state index contributed by atoms with van der Waals surface area (Å²) >= 11 is 3.47. The maximum absolute atomic E-state index is 3.47. The van der Waals surface area contributed by atoms with Gasteiger partial charge in [-0.1, -0.05) is 46.3 Å². The van der Waals surface area contributed by atoms with E-state index >= 15 is 0 Å². The smallest absolute Gasteiger partial charge is 0.0379 e. The largest absolute Gasteiger partial charge is 0.384 e. The van der Waals surface area contributed by atoms with Crippen LogP contribution in [0.4, 0.5) is 5.69 Å². The van der Waals surface area contributed by atoms with Crippen LogP contribution in [0, 0.1) is 0 Å². The van der Waals surface area contributed by atoms with Crippen molar-refractivity contribution in [1.82, 2.24) is 0 Å². The molecule has 0 amide bonds. The standard InChI is InChI=1S/C14H12BrN/c15-11-7-5-10(6-8-11)13-9-16-14-4-2-1-3-12(13)14/h1-8,13,16H,9H2. The number of benzene rings is 2. The molecule has 0 bridgehead atoms. The lowest BCUT2D eigenvalue weighted by atomic mass is 9.93. The number of anilines is 1. The van der Waals surface area contributed by atoms with Gasteiger partial charge in [-0.05, 0) is 29.3 Å². The van der Waals surface area contributed by atoms with Crippen molar-refractivity contribution in [3.8, 4) is 0 Å². The lowest BCUT2D eigenvalue weighted by molar-refractivity contribution is 0.907. The fourth-order valence-electron chi connectivity index (χ4n) is 2.28. The summed E-state index contributed by atoms with van der Waals surface area (Å²) in [5.41, 5.74) is 4.06. The molecule has 0 aliphatic carbocycles. The first-order valence-corrected chi connectivity index (χ1v) is 6.22. The highest BCUT2D eigenvalue weighted by Gasteiger charge is 2.22. The molecule has 0 radical (unpaired) electrons. The Bertz CT molecular complexity index is 504. The number of hydrogen-bond donors (Lipinski definition) is 1. The third kappa shape index (κ3) is 1.63. The zero-order valence-electron chi connectivity index (χ0n) is 8.78. The molecular formula is C14H12BrN. The van der Waals surface area contributed by atoms with Crippen LogP contribution in [0.5, 0.6) is 0 Å². The second-order valence-corrected chi connectivity index (χ2v) is 4.99. The molecule has 1 N–H and O–H groups in total. The fraction of sp³-hybridized carbons (Fsp3) is 0.143. The molecule has 1 atom stereocenters. The molecule has 2 aromatic carbocycles. The van der Waals surface area contributed by atoms with Crippen LogP contribution in [-0.4, -0.2) is 6.54 Å². The second kappa shape index (κ2) is 3.95. The van der Waals surface area contributed by atoms with Crippen LogP contribution in [0.15, 0.2) is 53.0 Å². The molecule has 1 unspecified atom stereocenters. The first kappa shape index (κ1) is 9.91. The maximum Gasteiger partial charge on any atom is 0.0379 e. The molecule has 2 aromatic rings. The van der Waals surface area contributed by atoms with E-state index in [1.54, 1.807) is 0 Å². The highest BCUT2D eigenvalue weighted by atomic mass is 79.9. The normalized spacial score (nSPS) is 17.9. The molecule has 0 spiro atoms. The summed E-state index contributed by atoms with van der Waals surface area (Å²) in [6.07, 6.45) is 0. The van der Waals surface area contributed by atoms with Gasteiger partial charge in [-0.3, -0.25) is 0 Å². The summed E-state index contributed by atoms with van der Waals surface area (Å²) in [7, 11) is 0. The van der Waals surface area contributed by atoms with Gasteiger partial charge in [0.2, 0.25) is 0 Å². The molecular weight excluding hydrogens is 262 g/mol. The third-order valence-electron chi connectivity index (χ3n) is 3.11. The number of rotatable bonds is 1. The van der Waals surface area contributed by atoms with Crippen LogP contribution < -0.4 is 5.32 Å². The van der Waals surface area contributed by atoms with Gasteiger partial charge < -0.3 is 5.32 Å². The molecule has 16 heavy (non-hydrogen) atoms. The Kier molecular flexibility index (Phi) is 2.44. The molecule has 2 heteroatoms. The molecule has 1 aliphatic heterocycles. The third-order valence-corrected chi connectivity index (χ3v) is 3.63. The number of nitrogens with one attached hydrogen (secondary N) is 1. The lowest BCUT2D eigenvalue weighted by Crippen LogP contribution is -2.03. The maximum atomic E-state index is 3.47. The Morgan fingerprint density at radius 3 is 2.56 bits per heavy atom. The number of hydrogen-bond acceptors (Lipinski definition) is 1. The number of fused-ring (bicyclic) bond motifs is 1. The lowest BCUT2D eigenvalue weighted by Gasteiger charge is -2.10. The SMILES string of the molecule is Brc1ccc(C2CNc3ccccc32)cc1. The van der Waals surface area contributed by atoms with Crippen LogP contribution in [0.1, 0.15) is 17.0 Å². The zero-order chi connectivity index (χ0) is 11.0. The van der Waals surface area contributed by atoms with Crippen molar-refractivity contribution in [3.63, 3.8) is 0 Å². The molecule has 3 rings (SSSR count). The van der Waals surface area contributed by atoms with Gasteiger partial charge in [0.05, 0.1) is 0 Å². The first-order valence-electron chi connectivity index (χ1n) is 5.43. The molecule has 0 saturated heterocycles. The van der Waals surface area contributed by atoms with E-state index < -0.39 is 0 Å². The van der Waals surface area contributed by atoms with Crippen LogP contribution >= 0.6 is 15.9 Å². The van der Waals surface area contributed by atoms with Crippen LogP contribution in [-0.2, 0) is 0 Å². The van der Waals surface area contributed by atoms with E-state index in [-0.39, 0.29) is 0 Å². The monoisotopic (exact) mass is 273 g/mol. The van der Waals surface area contributed by atoms with Crippen LogP contribution in [0.2, 0.25) is 0 Å². The van der Waals surface area contributed by atoms with Gasteiger partial charge >= 0.3 is 0 Å². The highest BCUT2D eigenvalue weighted by molar-refractivity contribution is 9.10. The second-order valence-electron chi connectivity index (χ2n) is 4.07. The summed E-state index contributed by atoms with van der Waals surface area (Å²) < 4.78 is 1.13. The van der Waals surface area contributed by atoms with Crippen molar-refractivity contribution in [3.05, 3.63) is 64.1 Å². The quantitative estimate of drug-likeness (QED) is 0.828. The summed E-state index contributed by atoms with van der Waals surface area (Å²) in [4.78, 5) is 0. The van der Waals surface area contributed by atoms with Gasteiger partial charge in [0.25, 0.3) is 0 Å². The van der Waals surface area contributed by atoms with E-state index in [1.807, 2.05) is 0 Å². The predicted molar refractivity (Wildman–Crippen MR) is 70.9 cm³/mol. The Hall–Kier alpha value is -1.28. The summed E-state index contributed by atoms with van der Waals surface area (Å²) in [6.45, 7) is 1.00. The Morgan fingerprint density at radius 1 is 1.00 bits per heavy atom. The Labute approximate surface area is 104 Å². The fourth-order valence-corrected chi connectivity index (χ4v) is 2.54. The van der Waals surface area contributed by atoms with Gasteiger partial charge in [-0.15, -0.1) is 0 Å². The number of para-hydroxylation sites is 1. The van der Waals surface area contributed by atoms with Gasteiger partial charge in [0.15, 0.2) is 0 Å². The van der Waals surface area contributed by atoms with Crippen molar-refractivity contribution in [2.24, 2.45) is 0 Å². The Morgan fingerprint density at radius 2 is 1.75 bits per heavy atom. The van der Waals surface area contributed by atoms with Gasteiger partial charge in [-0.2, -0.15) is 0 Å². The van der Waals surface area contributed by atoms with Crippen molar-refractivity contribution < 1.29 is 0 Å². The Balaban J connectivity index is 2.01. The molecule has 80 valence electrons. The van der Waals surface area contributed by atoms with Crippen molar-refractivity contribution in [2.45, 2.75) is 5.92 Å². The van der Waals surface area contributed by atoms with E-state index in [9.17, 15) is 0 Å².